The third-order valence-electron chi connectivity index (χ3n) is 0.618. The Bertz CT molecular complexity index is 56.9. The van der Waals surface area contributed by atoms with Crippen molar-refractivity contribution in [3.8, 4) is 0 Å². The molecule has 0 unspecified atom stereocenters. The van der Waals surface area contributed by atoms with Gasteiger partial charge < -0.3 is 0 Å². The molecule has 0 heterocycles. The van der Waals surface area contributed by atoms with Crippen LogP contribution in [0.4, 0.5) is 0 Å². The van der Waals surface area contributed by atoms with Gasteiger partial charge in [-0.25, -0.2) is 0 Å². The zero-order valence-corrected chi connectivity index (χ0v) is 8.69. The summed E-state index contributed by atoms with van der Waals surface area (Å²) in [6.45, 7) is 5.56. The zero-order valence-electron chi connectivity index (χ0n) is 6.09. The van der Waals surface area contributed by atoms with Gasteiger partial charge in [-0.1, -0.05) is 0 Å². The summed E-state index contributed by atoms with van der Waals surface area (Å²) in [6.07, 6.45) is 0. The van der Waals surface area contributed by atoms with Gasteiger partial charge in [0, 0.05) is 0 Å². The van der Waals surface area contributed by atoms with E-state index in [1.165, 1.54) is 0 Å². The van der Waals surface area contributed by atoms with Crippen LogP contribution in [0, 0.1) is 0 Å². The third-order valence-corrected chi connectivity index (χ3v) is 5.06. The minimum atomic E-state index is -0.496. The van der Waals surface area contributed by atoms with Crippen molar-refractivity contribution in [3.63, 3.8) is 0 Å². The van der Waals surface area contributed by atoms with Gasteiger partial charge in [0.2, 0.25) is 0 Å². The first kappa shape index (κ1) is 9.87. The van der Waals surface area contributed by atoms with Crippen molar-refractivity contribution in [3.05, 3.63) is 0 Å². The molecular formula is C5H13O2PSe. The maximum atomic E-state index is 5.30. The normalized spacial score (nSPS) is 10.7. The van der Waals surface area contributed by atoms with E-state index in [4.69, 9.17) is 9.05 Å². The van der Waals surface area contributed by atoms with Gasteiger partial charge in [-0.05, 0) is 0 Å². The van der Waals surface area contributed by atoms with Crippen molar-refractivity contribution >= 4 is 21.6 Å². The first-order valence-corrected chi connectivity index (χ1v) is 8.05. The van der Waals surface area contributed by atoms with Crippen LogP contribution in [0.3, 0.4) is 0 Å². The van der Waals surface area contributed by atoms with Crippen LogP contribution in [0.15, 0.2) is 0 Å². The van der Waals surface area contributed by atoms with Crippen molar-refractivity contribution in [2.75, 3.05) is 13.2 Å². The van der Waals surface area contributed by atoms with Crippen molar-refractivity contribution in [2.24, 2.45) is 0 Å². The van der Waals surface area contributed by atoms with Gasteiger partial charge >= 0.3 is 63.5 Å². The van der Waals surface area contributed by atoms with E-state index in [9.17, 15) is 0 Å². The van der Waals surface area contributed by atoms with Gasteiger partial charge in [0.05, 0.1) is 0 Å². The van der Waals surface area contributed by atoms with Crippen LogP contribution in [-0.2, 0) is 9.05 Å². The Hall–Kier alpha value is 0.869. The molecule has 0 saturated heterocycles. The fraction of sp³-hybridized carbons (Fsp3) is 1.00. The van der Waals surface area contributed by atoms with E-state index >= 15 is 0 Å². The molecule has 0 atom stereocenters. The summed E-state index contributed by atoms with van der Waals surface area (Å²) >= 11 is 0.515. The van der Waals surface area contributed by atoms with E-state index in [2.05, 4.69) is 5.82 Å². The van der Waals surface area contributed by atoms with Gasteiger partial charge in [-0.2, -0.15) is 0 Å². The second kappa shape index (κ2) is 6.98. The summed E-state index contributed by atoms with van der Waals surface area (Å²) in [4.78, 5) is 0. The first-order valence-electron chi connectivity index (χ1n) is 2.95. The molecule has 0 aliphatic heterocycles. The molecule has 4 heteroatoms. The first-order chi connectivity index (χ1) is 4.35. The molecule has 0 rings (SSSR count). The molecule has 0 aliphatic rings. The van der Waals surface area contributed by atoms with E-state index in [1.54, 1.807) is 0 Å². The van der Waals surface area contributed by atoms with E-state index in [-0.39, 0.29) is 0 Å². The molecule has 0 aliphatic carbocycles. The molecular weight excluding hydrogens is 202 g/mol. The predicted molar refractivity (Wildman–Crippen MR) is 41.8 cm³/mol. The Labute approximate surface area is 64.0 Å². The maximum absolute atomic E-state index is 5.30. The van der Waals surface area contributed by atoms with Crippen molar-refractivity contribution < 1.29 is 9.05 Å². The van der Waals surface area contributed by atoms with Gasteiger partial charge in [-0.3, -0.25) is 0 Å². The molecule has 0 spiro atoms. The summed E-state index contributed by atoms with van der Waals surface area (Å²) < 4.78 is 10.6. The zero-order chi connectivity index (χ0) is 7.11. The second-order valence-corrected chi connectivity index (χ2v) is 6.75. The van der Waals surface area contributed by atoms with E-state index in [0.717, 1.165) is 13.2 Å². The Kier molecular flexibility index (Phi) is 7.66. The van der Waals surface area contributed by atoms with Crippen molar-refractivity contribution in [1.82, 2.24) is 0 Å². The van der Waals surface area contributed by atoms with E-state index in [1.807, 2.05) is 13.8 Å². The molecule has 9 heavy (non-hydrogen) atoms. The standard InChI is InChI=1S/C5H13O2PSe/c1-4-6-8(9-3)7-5-2/h4-5H2,1-3H3. The van der Waals surface area contributed by atoms with Gasteiger partial charge in [0.25, 0.3) is 0 Å². The van der Waals surface area contributed by atoms with Gasteiger partial charge in [-0.15, -0.1) is 0 Å². The molecule has 0 radical (unpaired) electrons. The quantitative estimate of drug-likeness (QED) is 0.516. The fourth-order valence-electron chi connectivity index (χ4n) is 0.353. The third kappa shape index (κ3) is 5.32. The van der Waals surface area contributed by atoms with Crippen molar-refractivity contribution in [2.45, 2.75) is 19.7 Å². The molecule has 0 aromatic heterocycles. The van der Waals surface area contributed by atoms with Crippen LogP contribution in [-0.4, -0.2) is 27.7 Å². The average molecular weight is 215 g/mol. The fourth-order valence-corrected chi connectivity index (χ4v) is 3.71. The topological polar surface area (TPSA) is 18.5 Å². The summed E-state index contributed by atoms with van der Waals surface area (Å²) in [7, 11) is -0.496. The number of hydrogen-bond acceptors (Lipinski definition) is 2. The van der Waals surface area contributed by atoms with E-state index < -0.39 is 7.07 Å². The Morgan fingerprint density at radius 1 is 1.22 bits per heavy atom. The molecule has 0 bridgehead atoms. The molecule has 0 N–H and O–H groups in total. The minimum absolute atomic E-state index is 0.496. The van der Waals surface area contributed by atoms with Crippen LogP contribution < -0.4 is 0 Å². The molecule has 0 aromatic carbocycles. The molecule has 0 aromatic rings. The molecule has 0 saturated carbocycles. The molecule has 0 fully saturated rings. The van der Waals surface area contributed by atoms with Crippen LogP contribution in [0.2, 0.25) is 5.82 Å². The monoisotopic (exact) mass is 216 g/mol. The Morgan fingerprint density at radius 2 is 1.67 bits per heavy atom. The van der Waals surface area contributed by atoms with Crippen LogP contribution in [0.1, 0.15) is 13.8 Å². The van der Waals surface area contributed by atoms with Crippen LogP contribution >= 0.6 is 7.07 Å². The van der Waals surface area contributed by atoms with Gasteiger partial charge in [0.15, 0.2) is 0 Å². The molecule has 2 nitrogen and oxygen atoms in total. The predicted octanol–water partition coefficient (Wildman–Crippen LogP) is 2.04. The second-order valence-electron chi connectivity index (χ2n) is 1.24. The van der Waals surface area contributed by atoms with Crippen LogP contribution in [0.5, 0.6) is 0 Å². The van der Waals surface area contributed by atoms with Crippen molar-refractivity contribution in [1.29, 1.82) is 0 Å². The SMILES string of the molecule is CCOP(OCC)[Se]C. The Balaban J connectivity index is 3.18. The summed E-state index contributed by atoms with van der Waals surface area (Å²) in [5.74, 6) is 2.14. The number of hydrogen-bond donors (Lipinski definition) is 0. The molecule has 56 valence electrons. The Morgan fingerprint density at radius 3 is 1.89 bits per heavy atom. The molecule has 0 amide bonds. The van der Waals surface area contributed by atoms with Gasteiger partial charge in [0.1, 0.15) is 0 Å². The summed E-state index contributed by atoms with van der Waals surface area (Å²) in [5.41, 5.74) is 0. The summed E-state index contributed by atoms with van der Waals surface area (Å²) in [6, 6.07) is 0. The average Bonchev–Trinajstić information content (AvgIpc) is 1.88. The number of rotatable bonds is 5. The van der Waals surface area contributed by atoms with Crippen LogP contribution in [0.25, 0.3) is 0 Å². The van der Waals surface area contributed by atoms with E-state index in [0.29, 0.717) is 14.5 Å². The summed E-state index contributed by atoms with van der Waals surface area (Å²) in [5, 5.41) is 0.